The minimum atomic E-state index is -0.109. The molecule has 5 rings (SSSR count). The number of aromatic nitrogens is 3. The van der Waals surface area contributed by atoms with Crippen molar-refractivity contribution in [1.29, 1.82) is 0 Å². The molecule has 1 heterocycles. The minimum Gasteiger partial charge on any atom is -0.372 e. The van der Waals surface area contributed by atoms with E-state index in [0.717, 1.165) is 33.3 Å². The number of para-hydroxylation sites is 1. The Morgan fingerprint density at radius 3 is 2.29 bits per heavy atom. The summed E-state index contributed by atoms with van der Waals surface area (Å²) in [6, 6.07) is 33.6. The van der Waals surface area contributed by atoms with Crippen molar-refractivity contribution < 1.29 is 9.53 Å². The lowest BCUT2D eigenvalue weighted by Gasteiger charge is -2.12. The first-order chi connectivity index (χ1) is 17.3. The number of hydrogen-bond acceptors (Lipinski definition) is 4. The van der Waals surface area contributed by atoms with Crippen molar-refractivity contribution in [2.75, 3.05) is 0 Å². The topological polar surface area (TPSA) is 69.0 Å². The molecule has 5 aromatic rings. The highest BCUT2D eigenvalue weighted by Gasteiger charge is 2.09. The molecule has 4 aromatic carbocycles. The Hall–Kier alpha value is -4.29. The lowest BCUT2D eigenvalue weighted by Crippen LogP contribution is -2.23. The first kappa shape index (κ1) is 22.5. The Morgan fingerprint density at radius 2 is 1.46 bits per heavy atom. The van der Waals surface area contributed by atoms with Gasteiger partial charge in [0.05, 0.1) is 25.3 Å². The molecule has 6 nitrogen and oxygen atoms in total. The van der Waals surface area contributed by atoms with E-state index in [9.17, 15) is 4.79 Å². The fraction of sp³-hybridized carbons (Fsp3) is 0.138. The summed E-state index contributed by atoms with van der Waals surface area (Å²) in [4.78, 5) is 12.8. The van der Waals surface area contributed by atoms with Gasteiger partial charge < -0.3 is 10.1 Å². The number of carbonyl (C=O) groups is 1. The van der Waals surface area contributed by atoms with E-state index in [0.29, 0.717) is 31.9 Å². The van der Waals surface area contributed by atoms with Crippen LogP contribution in [0.1, 0.15) is 32.6 Å². The van der Waals surface area contributed by atoms with Crippen LogP contribution in [0.25, 0.3) is 11.0 Å². The number of benzene rings is 4. The van der Waals surface area contributed by atoms with Crippen molar-refractivity contribution in [2.45, 2.75) is 26.3 Å². The lowest BCUT2D eigenvalue weighted by atomic mass is 10.1. The van der Waals surface area contributed by atoms with E-state index >= 15 is 0 Å². The molecule has 0 atom stereocenters. The maximum atomic E-state index is 12.8. The summed E-state index contributed by atoms with van der Waals surface area (Å²) < 4.78 is 7.76. The van der Waals surface area contributed by atoms with E-state index in [-0.39, 0.29) is 5.91 Å². The maximum absolute atomic E-state index is 12.8. The van der Waals surface area contributed by atoms with Crippen LogP contribution in [0, 0.1) is 0 Å². The number of nitrogens with zero attached hydrogens (tertiary/aromatic N) is 3. The summed E-state index contributed by atoms with van der Waals surface area (Å²) in [7, 11) is 0. The fourth-order valence-corrected chi connectivity index (χ4v) is 3.97. The SMILES string of the molecule is O=C(NCc1ccccc1COCc1ccccc1)c1ccc(Cn2nnc3ccccc32)cc1. The molecule has 1 aromatic heterocycles. The van der Waals surface area contributed by atoms with Gasteiger partial charge in [-0.3, -0.25) is 4.79 Å². The molecular weight excluding hydrogens is 436 g/mol. The number of rotatable bonds is 9. The van der Waals surface area contributed by atoms with Crippen LogP contribution in [-0.2, 0) is 31.0 Å². The first-order valence-electron chi connectivity index (χ1n) is 11.6. The number of ether oxygens (including phenoxy) is 1. The van der Waals surface area contributed by atoms with Gasteiger partial charge in [0.25, 0.3) is 5.91 Å². The average Bonchev–Trinajstić information content (AvgIpc) is 3.32. The molecule has 0 spiro atoms. The molecule has 6 heteroatoms. The summed E-state index contributed by atoms with van der Waals surface area (Å²) in [5.74, 6) is -0.109. The van der Waals surface area contributed by atoms with Gasteiger partial charge in [0, 0.05) is 12.1 Å². The summed E-state index contributed by atoms with van der Waals surface area (Å²) in [5.41, 5.74) is 6.78. The second kappa shape index (κ2) is 10.8. The first-order valence-corrected chi connectivity index (χ1v) is 11.6. The Morgan fingerprint density at radius 1 is 0.743 bits per heavy atom. The average molecular weight is 463 g/mol. The predicted molar refractivity (Wildman–Crippen MR) is 136 cm³/mol. The number of amides is 1. The molecule has 0 saturated carbocycles. The van der Waals surface area contributed by atoms with Gasteiger partial charge in [-0.15, -0.1) is 5.10 Å². The van der Waals surface area contributed by atoms with Crippen LogP contribution in [0.4, 0.5) is 0 Å². The van der Waals surface area contributed by atoms with Crippen LogP contribution in [0.2, 0.25) is 0 Å². The second-order valence-electron chi connectivity index (χ2n) is 8.36. The Labute approximate surface area is 204 Å². The normalized spacial score (nSPS) is 11.0. The molecule has 0 fully saturated rings. The molecule has 0 aliphatic carbocycles. The van der Waals surface area contributed by atoms with Gasteiger partial charge >= 0.3 is 0 Å². The quantitative estimate of drug-likeness (QED) is 0.330. The minimum absolute atomic E-state index is 0.109. The van der Waals surface area contributed by atoms with E-state index < -0.39 is 0 Å². The predicted octanol–water partition coefficient (Wildman–Crippen LogP) is 5.13. The van der Waals surface area contributed by atoms with E-state index in [2.05, 4.69) is 15.6 Å². The van der Waals surface area contributed by atoms with Crippen LogP contribution in [-0.4, -0.2) is 20.9 Å². The Bertz CT molecular complexity index is 1410. The van der Waals surface area contributed by atoms with E-state index in [1.54, 1.807) is 0 Å². The smallest absolute Gasteiger partial charge is 0.251 e. The molecule has 0 aliphatic rings. The summed E-state index contributed by atoms with van der Waals surface area (Å²) in [5, 5.41) is 11.5. The highest BCUT2D eigenvalue weighted by atomic mass is 16.5. The second-order valence-corrected chi connectivity index (χ2v) is 8.36. The molecular formula is C29H26N4O2. The van der Waals surface area contributed by atoms with Crippen LogP contribution >= 0.6 is 0 Å². The Balaban J connectivity index is 1.17. The lowest BCUT2D eigenvalue weighted by molar-refractivity contribution is 0.0947. The summed E-state index contributed by atoms with van der Waals surface area (Å²) in [6.45, 7) is 2.08. The number of nitrogens with one attached hydrogen (secondary N) is 1. The highest BCUT2D eigenvalue weighted by molar-refractivity contribution is 5.94. The molecule has 0 saturated heterocycles. The van der Waals surface area contributed by atoms with Crippen molar-refractivity contribution in [2.24, 2.45) is 0 Å². The van der Waals surface area contributed by atoms with Gasteiger partial charge in [-0.1, -0.05) is 84.1 Å². The van der Waals surface area contributed by atoms with Crippen molar-refractivity contribution in [3.63, 3.8) is 0 Å². The zero-order valence-corrected chi connectivity index (χ0v) is 19.3. The van der Waals surface area contributed by atoms with E-state index in [1.165, 1.54) is 0 Å². The van der Waals surface area contributed by atoms with Crippen LogP contribution in [0.3, 0.4) is 0 Å². The van der Waals surface area contributed by atoms with Crippen molar-refractivity contribution in [3.8, 4) is 0 Å². The molecule has 0 radical (unpaired) electrons. The van der Waals surface area contributed by atoms with Gasteiger partial charge in [0.1, 0.15) is 5.52 Å². The zero-order chi connectivity index (χ0) is 23.9. The van der Waals surface area contributed by atoms with Gasteiger partial charge in [-0.2, -0.15) is 0 Å². The largest absolute Gasteiger partial charge is 0.372 e. The summed E-state index contributed by atoms with van der Waals surface area (Å²) in [6.07, 6.45) is 0. The van der Waals surface area contributed by atoms with Crippen molar-refractivity contribution in [1.82, 2.24) is 20.3 Å². The highest BCUT2D eigenvalue weighted by Crippen LogP contribution is 2.14. The van der Waals surface area contributed by atoms with Crippen LogP contribution in [0.5, 0.6) is 0 Å². The van der Waals surface area contributed by atoms with Gasteiger partial charge in [0.15, 0.2) is 0 Å². The fourth-order valence-electron chi connectivity index (χ4n) is 3.97. The van der Waals surface area contributed by atoms with E-state index in [1.807, 2.05) is 108 Å². The van der Waals surface area contributed by atoms with Crippen molar-refractivity contribution >= 4 is 16.9 Å². The monoisotopic (exact) mass is 462 g/mol. The Kier molecular flexibility index (Phi) is 6.92. The molecule has 0 bridgehead atoms. The van der Waals surface area contributed by atoms with Gasteiger partial charge in [-0.25, -0.2) is 4.68 Å². The molecule has 0 unspecified atom stereocenters. The third-order valence-corrected chi connectivity index (χ3v) is 5.90. The molecule has 0 aliphatic heterocycles. The molecule has 35 heavy (non-hydrogen) atoms. The molecule has 1 N–H and O–H groups in total. The van der Waals surface area contributed by atoms with Gasteiger partial charge in [0.2, 0.25) is 0 Å². The summed E-state index contributed by atoms with van der Waals surface area (Å²) >= 11 is 0. The maximum Gasteiger partial charge on any atom is 0.251 e. The van der Waals surface area contributed by atoms with Crippen molar-refractivity contribution in [3.05, 3.63) is 131 Å². The standard InChI is InChI=1S/C29H26N4O2/c34-29(24-16-14-22(15-17-24)19-33-28-13-7-6-12-27(28)31-32-33)30-18-25-10-4-5-11-26(25)21-35-20-23-8-2-1-3-9-23/h1-17H,18-21H2,(H,30,34). The molecule has 1 amide bonds. The molecule has 174 valence electrons. The van der Waals surface area contributed by atoms with E-state index in [4.69, 9.17) is 4.74 Å². The third-order valence-electron chi connectivity index (χ3n) is 5.90. The third kappa shape index (κ3) is 5.62. The number of carbonyl (C=O) groups excluding carboxylic acids is 1. The number of fused-ring (bicyclic) bond motifs is 1. The zero-order valence-electron chi connectivity index (χ0n) is 19.3. The van der Waals surface area contributed by atoms with Crippen LogP contribution < -0.4 is 5.32 Å². The van der Waals surface area contributed by atoms with Crippen LogP contribution in [0.15, 0.2) is 103 Å². The van der Waals surface area contributed by atoms with Gasteiger partial charge in [-0.05, 0) is 46.5 Å². The number of hydrogen-bond donors (Lipinski definition) is 1.